The molecule has 5 nitrogen and oxygen atoms in total. The molecule has 0 radical (unpaired) electrons. The van der Waals surface area contributed by atoms with E-state index in [-0.39, 0.29) is 10.6 Å². The number of anilines is 1. The van der Waals surface area contributed by atoms with Crippen LogP contribution < -0.4 is 10.1 Å². The zero-order chi connectivity index (χ0) is 13.7. The quantitative estimate of drug-likeness (QED) is 0.920. The van der Waals surface area contributed by atoms with E-state index in [1.54, 1.807) is 7.11 Å². The Bertz CT molecular complexity index is 545. The number of hydrogen-bond donors (Lipinski definition) is 1. The average Bonchev–Trinajstić information content (AvgIpc) is 2.38. The molecule has 0 bridgehead atoms. The van der Waals surface area contributed by atoms with Gasteiger partial charge in [-0.2, -0.15) is 15.0 Å². The van der Waals surface area contributed by atoms with Gasteiger partial charge in [-0.25, -0.2) is 0 Å². The van der Waals surface area contributed by atoms with Crippen molar-refractivity contribution in [2.75, 3.05) is 19.0 Å². The molecule has 0 unspecified atom stereocenters. The van der Waals surface area contributed by atoms with Crippen molar-refractivity contribution in [1.29, 1.82) is 0 Å². The number of hydrogen-bond acceptors (Lipinski definition) is 5. The minimum Gasteiger partial charge on any atom is -0.497 e. The Balaban J connectivity index is 1.92. The summed E-state index contributed by atoms with van der Waals surface area (Å²) < 4.78 is 5.16. The number of nitrogens with zero attached hydrogens (tertiary/aromatic N) is 3. The number of nitrogens with one attached hydrogen (secondary N) is 1. The maximum Gasteiger partial charge on any atom is 0.228 e. The number of halogens is 2. The summed E-state index contributed by atoms with van der Waals surface area (Å²) in [6.07, 6.45) is 0.804. The van der Waals surface area contributed by atoms with E-state index >= 15 is 0 Å². The van der Waals surface area contributed by atoms with Crippen molar-refractivity contribution in [3.05, 3.63) is 40.4 Å². The van der Waals surface area contributed by atoms with Crippen molar-refractivity contribution < 1.29 is 4.74 Å². The summed E-state index contributed by atoms with van der Waals surface area (Å²) in [5.41, 5.74) is 1.15. The first-order chi connectivity index (χ1) is 9.17. The molecule has 0 aliphatic carbocycles. The molecule has 100 valence electrons. The largest absolute Gasteiger partial charge is 0.497 e. The molecule has 0 fully saturated rings. The van der Waals surface area contributed by atoms with Gasteiger partial charge in [0.05, 0.1) is 7.11 Å². The minimum absolute atomic E-state index is 0.0730. The fourth-order valence-corrected chi connectivity index (χ4v) is 1.92. The Labute approximate surface area is 121 Å². The predicted octanol–water partition coefficient (Wildman–Crippen LogP) is 2.84. The van der Waals surface area contributed by atoms with E-state index in [1.165, 1.54) is 0 Å². The molecule has 0 saturated carbocycles. The summed E-state index contributed by atoms with van der Waals surface area (Å²) in [4.78, 5) is 11.5. The molecule has 7 heteroatoms. The third kappa shape index (κ3) is 4.22. The lowest BCUT2D eigenvalue weighted by Crippen LogP contribution is -2.08. The maximum atomic E-state index is 5.68. The predicted molar refractivity (Wildman–Crippen MR) is 75.0 cm³/mol. The van der Waals surface area contributed by atoms with E-state index in [1.807, 2.05) is 24.3 Å². The SMILES string of the molecule is COc1cccc(CCNc2nc(Cl)nc(Cl)n2)c1. The number of rotatable bonds is 5. The van der Waals surface area contributed by atoms with E-state index in [9.17, 15) is 0 Å². The van der Waals surface area contributed by atoms with Crippen LogP contribution in [0.5, 0.6) is 5.75 Å². The number of methoxy groups -OCH3 is 1. The van der Waals surface area contributed by atoms with Gasteiger partial charge in [0.1, 0.15) is 5.75 Å². The topological polar surface area (TPSA) is 59.9 Å². The van der Waals surface area contributed by atoms with Crippen LogP contribution in [0.2, 0.25) is 10.6 Å². The molecule has 2 aromatic rings. The maximum absolute atomic E-state index is 5.68. The lowest BCUT2D eigenvalue weighted by atomic mass is 10.1. The fraction of sp³-hybridized carbons (Fsp3) is 0.250. The molecule has 0 spiro atoms. The van der Waals surface area contributed by atoms with Gasteiger partial charge in [-0.1, -0.05) is 12.1 Å². The van der Waals surface area contributed by atoms with Gasteiger partial charge in [0.15, 0.2) is 0 Å². The molecule has 1 N–H and O–H groups in total. The van der Waals surface area contributed by atoms with Crippen LogP contribution in [0.3, 0.4) is 0 Å². The average molecular weight is 299 g/mol. The standard InChI is InChI=1S/C12H12Cl2N4O/c1-19-9-4-2-3-8(7-9)5-6-15-12-17-10(13)16-11(14)18-12/h2-4,7H,5-6H2,1H3,(H,15,16,17,18). The van der Waals surface area contributed by atoms with Crippen molar-refractivity contribution in [2.45, 2.75) is 6.42 Å². The fourth-order valence-electron chi connectivity index (χ4n) is 1.55. The Morgan fingerprint density at radius 2 is 1.89 bits per heavy atom. The second-order valence-electron chi connectivity index (χ2n) is 3.73. The van der Waals surface area contributed by atoms with Crippen LogP contribution in [0, 0.1) is 0 Å². The summed E-state index contributed by atoms with van der Waals surface area (Å²) in [6.45, 7) is 0.657. The van der Waals surface area contributed by atoms with E-state index in [0.29, 0.717) is 12.5 Å². The summed E-state index contributed by atoms with van der Waals surface area (Å²) in [5.74, 6) is 1.21. The molecule has 0 aliphatic heterocycles. The van der Waals surface area contributed by atoms with Crippen LogP contribution in [0.15, 0.2) is 24.3 Å². The van der Waals surface area contributed by atoms with Crippen LogP contribution in [-0.2, 0) is 6.42 Å². The molecular weight excluding hydrogens is 287 g/mol. The van der Waals surface area contributed by atoms with Crippen molar-refractivity contribution in [2.24, 2.45) is 0 Å². The Hall–Kier alpha value is -1.59. The molecule has 0 atom stereocenters. The first-order valence-electron chi connectivity index (χ1n) is 5.61. The van der Waals surface area contributed by atoms with Crippen LogP contribution in [0.25, 0.3) is 0 Å². The molecule has 0 saturated heterocycles. The van der Waals surface area contributed by atoms with E-state index in [4.69, 9.17) is 27.9 Å². The zero-order valence-corrected chi connectivity index (χ0v) is 11.7. The third-order valence-electron chi connectivity index (χ3n) is 2.41. The van der Waals surface area contributed by atoms with E-state index in [2.05, 4.69) is 20.3 Å². The van der Waals surface area contributed by atoms with Crippen molar-refractivity contribution in [3.63, 3.8) is 0 Å². The lowest BCUT2D eigenvalue weighted by molar-refractivity contribution is 0.414. The van der Waals surface area contributed by atoms with Crippen molar-refractivity contribution >= 4 is 29.2 Å². The second-order valence-corrected chi connectivity index (χ2v) is 4.40. The Morgan fingerprint density at radius 1 is 1.16 bits per heavy atom. The van der Waals surface area contributed by atoms with Crippen LogP contribution in [0.1, 0.15) is 5.56 Å². The highest BCUT2D eigenvalue weighted by Crippen LogP contribution is 2.13. The van der Waals surface area contributed by atoms with Crippen LogP contribution in [0.4, 0.5) is 5.95 Å². The molecule has 1 aromatic carbocycles. The monoisotopic (exact) mass is 298 g/mol. The van der Waals surface area contributed by atoms with Gasteiger partial charge >= 0.3 is 0 Å². The van der Waals surface area contributed by atoms with Gasteiger partial charge in [0.25, 0.3) is 0 Å². The minimum atomic E-state index is 0.0730. The summed E-state index contributed by atoms with van der Waals surface area (Å²) in [6, 6.07) is 7.86. The highest BCUT2D eigenvalue weighted by molar-refractivity contribution is 6.31. The normalized spacial score (nSPS) is 10.3. The van der Waals surface area contributed by atoms with Crippen LogP contribution >= 0.6 is 23.2 Å². The van der Waals surface area contributed by atoms with Gasteiger partial charge < -0.3 is 10.1 Å². The highest BCUT2D eigenvalue weighted by Gasteiger charge is 2.02. The molecular formula is C12H12Cl2N4O. The first-order valence-corrected chi connectivity index (χ1v) is 6.37. The summed E-state index contributed by atoms with van der Waals surface area (Å²) in [5, 5.41) is 3.19. The van der Waals surface area contributed by atoms with Crippen LogP contribution in [-0.4, -0.2) is 28.6 Å². The lowest BCUT2D eigenvalue weighted by Gasteiger charge is -2.06. The van der Waals surface area contributed by atoms with Crippen molar-refractivity contribution in [3.8, 4) is 5.75 Å². The molecule has 0 amide bonds. The van der Waals surface area contributed by atoms with Crippen molar-refractivity contribution in [1.82, 2.24) is 15.0 Å². The molecule has 19 heavy (non-hydrogen) atoms. The summed E-state index contributed by atoms with van der Waals surface area (Å²) >= 11 is 11.4. The third-order valence-corrected chi connectivity index (χ3v) is 2.75. The smallest absolute Gasteiger partial charge is 0.228 e. The second kappa shape index (κ2) is 6.54. The number of benzene rings is 1. The summed E-state index contributed by atoms with van der Waals surface area (Å²) in [7, 11) is 1.65. The zero-order valence-electron chi connectivity index (χ0n) is 10.2. The number of aromatic nitrogens is 3. The van der Waals surface area contributed by atoms with Gasteiger partial charge in [-0.05, 0) is 47.3 Å². The molecule has 1 aromatic heterocycles. The Morgan fingerprint density at radius 3 is 2.58 bits per heavy atom. The van der Waals surface area contributed by atoms with Gasteiger partial charge in [-0.15, -0.1) is 0 Å². The highest BCUT2D eigenvalue weighted by atomic mass is 35.5. The molecule has 2 rings (SSSR count). The van der Waals surface area contributed by atoms with E-state index < -0.39 is 0 Å². The van der Waals surface area contributed by atoms with E-state index in [0.717, 1.165) is 17.7 Å². The van der Waals surface area contributed by atoms with Gasteiger partial charge in [0.2, 0.25) is 16.5 Å². The van der Waals surface area contributed by atoms with Gasteiger partial charge in [0, 0.05) is 6.54 Å². The Kier molecular flexibility index (Phi) is 4.76. The first kappa shape index (κ1) is 13.8. The number of ether oxygens (including phenoxy) is 1. The molecule has 1 heterocycles. The van der Waals surface area contributed by atoms with Gasteiger partial charge in [-0.3, -0.25) is 0 Å². The molecule has 0 aliphatic rings.